The molecule has 1 saturated heterocycles. The molecule has 1 unspecified atom stereocenters. The summed E-state index contributed by atoms with van der Waals surface area (Å²) in [5.74, 6) is -4.96. The standard InChI is InChI=1S/C6H9F2NO2/c7-6(8)1-4(5(10)11)2-9-3-6/h4,9H,1-3H2,(H,10,11). The van der Waals surface area contributed by atoms with Crippen LogP contribution in [0.15, 0.2) is 0 Å². The molecule has 1 aliphatic heterocycles. The molecule has 0 aliphatic carbocycles. The van der Waals surface area contributed by atoms with E-state index >= 15 is 0 Å². The Morgan fingerprint density at radius 1 is 1.64 bits per heavy atom. The minimum absolute atomic E-state index is 0.144. The van der Waals surface area contributed by atoms with Crippen molar-refractivity contribution in [1.29, 1.82) is 0 Å². The monoisotopic (exact) mass is 165 g/mol. The molecule has 1 atom stereocenters. The Kier molecular flexibility index (Phi) is 2.08. The highest BCUT2D eigenvalue weighted by molar-refractivity contribution is 5.70. The second-order valence-electron chi connectivity index (χ2n) is 2.73. The van der Waals surface area contributed by atoms with Crippen LogP contribution in [0.3, 0.4) is 0 Å². The first kappa shape index (κ1) is 8.39. The molecule has 0 saturated carbocycles. The Morgan fingerprint density at radius 3 is 2.64 bits per heavy atom. The number of alkyl halides is 2. The lowest BCUT2D eigenvalue weighted by atomic mass is 9.97. The predicted octanol–water partition coefficient (Wildman–Crippen LogP) is 0.316. The molecule has 5 heteroatoms. The molecule has 0 radical (unpaired) electrons. The Hall–Kier alpha value is -0.710. The van der Waals surface area contributed by atoms with Gasteiger partial charge in [0.2, 0.25) is 0 Å². The molecule has 3 nitrogen and oxygen atoms in total. The van der Waals surface area contributed by atoms with E-state index in [0.29, 0.717) is 0 Å². The van der Waals surface area contributed by atoms with Crippen LogP contribution in [0.25, 0.3) is 0 Å². The van der Waals surface area contributed by atoms with Gasteiger partial charge in [-0.05, 0) is 0 Å². The Morgan fingerprint density at radius 2 is 2.27 bits per heavy atom. The summed E-state index contributed by atoms with van der Waals surface area (Å²) >= 11 is 0. The summed E-state index contributed by atoms with van der Waals surface area (Å²) in [4.78, 5) is 10.3. The highest BCUT2D eigenvalue weighted by Gasteiger charge is 2.39. The van der Waals surface area contributed by atoms with Crippen LogP contribution in [0.1, 0.15) is 6.42 Å². The van der Waals surface area contributed by atoms with Gasteiger partial charge in [0.05, 0.1) is 12.5 Å². The van der Waals surface area contributed by atoms with Gasteiger partial charge in [-0.1, -0.05) is 0 Å². The van der Waals surface area contributed by atoms with Crippen molar-refractivity contribution in [2.75, 3.05) is 13.1 Å². The average molecular weight is 165 g/mol. The predicted molar refractivity (Wildman–Crippen MR) is 33.6 cm³/mol. The van der Waals surface area contributed by atoms with E-state index in [-0.39, 0.29) is 6.54 Å². The van der Waals surface area contributed by atoms with Gasteiger partial charge in [0, 0.05) is 13.0 Å². The lowest BCUT2D eigenvalue weighted by Gasteiger charge is -2.26. The van der Waals surface area contributed by atoms with Crippen molar-refractivity contribution in [1.82, 2.24) is 5.32 Å². The Balaban J connectivity index is 2.53. The molecular weight excluding hydrogens is 156 g/mol. The number of carboxylic acid groups (broad SMARTS) is 1. The lowest BCUT2D eigenvalue weighted by molar-refractivity contribution is -0.147. The second kappa shape index (κ2) is 2.73. The average Bonchev–Trinajstić information content (AvgIpc) is 1.85. The molecule has 1 heterocycles. The molecule has 0 aromatic rings. The first-order valence-electron chi connectivity index (χ1n) is 3.33. The summed E-state index contributed by atoms with van der Waals surface area (Å²) < 4.78 is 25.0. The molecule has 1 aliphatic rings. The van der Waals surface area contributed by atoms with Crippen LogP contribution >= 0.6 is 0 Å². The van der Waals surface area contributed by atoms with Crippen LogP contribution in [-0.2, 0) is 4.79 Å². The molecule has 0 bridgehead atoms. The van der Waals surface area contributed by atoms with Crippen LogP contribution in [-0.4, -0.2) is 30.1 Å². The summed E-state index contributed by atoms with van der Waals surface area (Å²) in [6.07, 6.45) is -0.546. The smallest absolute Gasteiger partial charge is 0.308 e. The van der Waals surface area contributed by atoms with Crippen LogP contribution in [0.5, 0.6) is 0 Å². The van der Waals surface area contributed by atoms with Crippen LogP contribution < -0.4 is 5.32 Å². The normalized spacial score (nSPS) is 29.8. The van der Waals surface area contributed by atoms with Gasteiger partial charge in [-0.3, -0.25) is 4.79 Å². The first-order valence-corrected chi connectivity index (χ1v) is 3.33. The number of rotatable bonds is 1. The number of hydrogen-bond donors (Lipinski definition) is 2. The van der Waals surface area contributed by atoms with Crippen molar-refractivity contribution in [2.45, 2.75) is 12.3 Å². The van der Waals surface area contributed by atoms with E-state index in [1.54, 1.807) is 0 Å². The van der Waals surface area contributed by atoms with Gasteiger partial charge >= 0.3 is 5.97 Å². The fourth-order valence-electron chi connectivity index (χ4n) is 1.11. The Bertz CT molecular complexity index is 172. The van der Waals surface area contributed by atoms with Gasteiger partial charge < -0.3 is 10.4 Å². The fraction of sp³-hybridized carbons (Fsp3) is 0.833. The third-order valence-electron chi connectivity index (χ3n) is 1.67. The summed E-state index contributed by atoms with van der Waals surface area (Å²) in [5.41, 5.74) is 0. The van der Waals surface area contributed by atoms with Crippen molar-refractivity contribution < 1.29 is 18.7 Å². The number of nitrogens with one attached hydrogen (secondary N) is 1. The summed E-state index contributed by atoms with van der Waals surface area (Å²) in [7, 11) is 0. The van der Waals surface area contributed by atoms with Gasteiger partial charge in [-0.15, -0.1) is 0 Å². The minimum Gasteiger partial charge on any atom is -0.481 e. The maximum atomic E-state index is 12.5. The van der Waals surface area contributed by atoms with Gasteiger partial charge in [0.15, 0.2) is 0 Å². The van der Waals surface area contributed by atoms with Crippen molar-refractivity contribution >= 4 is 5.97 Å². The van der Waals surface area contributed by atoms with Crippen molar-refractivity contribution in [3.05, 3.63) is 0 Å². The minimum atomic E-state index is -2.86. The number of aliphatic carboxylic acids is 1. The first-order chi connectivity index (χ1) is 5.01. The van der Waals surface area contributed by atoms with E-state index in [2.05, 4.69) is 5.32 Å². The van der Waals surface area contributed by atoms with E-state index in [0.717, 1.165) is 0 Å². The quantitative estimate of drug-likeness (QED) is 0.588. The summed E-state index contributed by atoms with van der Waals surface area (Å²) in [6.45, 7) is -0.262. The highest BCUT2D eigenvalue weighted by atomic mass is 19.3. The van der Waals surface area contributed by atoms with Crippen LogP contribution in [0.4, 0.5) is 8.78 Å². The van der Waals surface area contributed by atoms with Crippen LogP contribution in [0.2, 0.25) is 0 Å². The Labute approximate surface area is 62.4 Å². The van der Waals surface area contributed by atoms with Gasteiger partial charge in [-0.25, -0.2) is 8.78 Å². The number of halogens is 2. The highest BCUT2D eigenvalue weighted by Crippen LogP contribution is 2.25. The topological polar surface area (TPSA) is 49.3 Å². The molecule has 0 amide bonds. The molecule has 11 heavy (non-hydrogen) atoms. The number of carbonyl (C=O) groups is 1. The third-order valence-corrected chi connectivity index (χ3v) is 1.67. The second-order valence-corrected chi connectivity index (χ2v) is 2.73. The number of piperidine rings is 1. The van der Waals surface area contributed by atoms with Crippen molar-refractivity contribution in [3.63, 3.8) is 0 Å². The van der Waals surface area contributed by atoms with Crippen molar-refractivity contribution in [2.24, 2.45) is 5.92 Å². The molecule has 1 rings (SSSR count). The zero-order chi connectivity index (χ0) is 8.48. The van der Waals surface area contributed by atoms with E-state index in [9.17, 15) is 13.6 Å². The number of carboxylic acids is 1. The maximum Gasteiger partial charge on any atom is 0.308 e. The van der Waals surface area contributed by atoms with Crippen LogP contribution in [0, 0.1) is 5.92 Å². The third kappa shape index (κ3) is 2.11. The summed E-state index contributed by atoms with van der Waals surface area (Å²) in [5, 5.41) is 10.8. The van der Waals surface area contributed by atoms with E-state index in [1.165, 1.54) is 0 Å². The molecular formula is C6H9F2NO2. The maximum absolute atomic E-state index is 12.5. The van der Waals surface area contributed by atoms with Gasteiger partial charge in [0.25, 0.3) is 5.92 Å². The zero-order valence-electron chi connectivity index (χ0n) is 5.81. The van der Waals surface area contributed by atoms with Crippen molar-refractivity contribution in [3.8, 4) is 0 Å². The van der Waals surface area contributed by atoms with E-state index in [4.69, 9.17) is 5.11 Å². The summed E-state index contributed by atoms with van der Waals surface area (Å²) in [6, 6.07) is 0. The largest absolute Gasteiger partial charge is 0.481 e. The number of hydrogen-bond acceptors (Lipinski definition) is 2. The SMILES string of the molecule is O=C(O)C1CNCC(F)(F)C1. The molecule has 2 N–H and O–H groups in total. The molecule has 0 aromatic carbocycles. The molecule has 0 spiro atoms. The van der Waals surface area contributed by atoms with Gasteiger partial charge in [-0.2, -0.15) is 0 Å². The van der Waals surface area contributed by atoms with E-state index in [1.807, 2.05) is 0 Å². The fourth-order valence-corrected chi connectivity index (χ4v) is 1.11. The molecule has 1 fully saturated rings. The zero-order valence-corrected chi connectivity index (χ0v) is 5.81. The van der Waals surface area contributed by atoms with Gasteiger partial charge in [0.1, 0.15) is 0 Å². The molecule has 64 valence electrons. The van der Waals surface area contributed by atoms with E-state index < -0.39 is 30.8 Å². The molecule has 0 aromatic heterocycles. The lowest BCUT2D eigenvalue weighted by Crippen LogP contribution is -2.46.